The third-order valence-electron chi connectivity index (χ3n) is 4.07. The Morgan fingerprint density at radius 1 is 1.22 bits per heavy atom. The van der Waals surface area contributed by atoms with Crippen LogP contribution in [0.3, 0.4) is 0 Å². The largest absolute Gasteiger partial charge is 0.382 e. The minimum Gasteiger partial charge on any atom is -0.382 e. The number of nitrogen functional groups attached to an aromatic ring is 1. The molecule has 4 heteroatoms. The molecule has 2 aromatic rings. The molecule has 2 heterocycles. The Kier molecular flexibility index (Phi) is 2.58. The van der Waals surface area contributed by atoms with Gasteiger partial charge in [-0.2, -0.15) is 5.10 Å². The molecule has 1 aliphatic carbocycles. The zero-order valence-corrected chi connectivity index (χ0v) is 10.6. The summed E-state index contributed by atoms with van der Waals surface area (Å²) in [5.74, 6) is 0.587. The van der Waals surface area contributed by atoms with E-state index in [4.69, 9.17) is 5.73 Å². The first-order valence-corrected chi connectivity index (χ1v) is 6.45. The van der Waals surface area contributed by atoms with Crippen molar-refractivity contribution in [2.45, 2.75) is 38.0 Å². The third kappa shape index (κ3) is 1.68. The molecular formula is C14H18N4. The summed E-state index contributed by atoms with van der Waals surface area (Å²) in [6, 6.07) is 3.98. The fraction of sp³-hybridized carbons (Fsp3) is 0.429. The van der Waals surface area contributed by atoms with Gasteiger partial charge in [0, 0.05) is 23.4 Å². The van der Waals surface area contributed by atoms with Crippen LogP contribution in [0, 0.1) is 0 Å². The fourth-order valence-electron chi connectivity index (χ4n) is 3.01. The second-order valence-electron chi connectivity index (χ2n) is 5.36. The van der Waals surface area contributed by atoms with E-state index in [0.717, 1.165) is 11.1 Å². The smallest absolute Gasteiger partial charge is 0.153 e. The quantitative estimate of drug-likeness (QED) is 0.850. The summed E-state index contributed by atoms with van der Waals surface area (Å²) >= 11 is 0. The van der Waals surface area contributed by atoms with Gasteiger partial charge >= 0.3 is 0 Å². The Morgan fingerprint density at radius 2 is 1.89 bits per heavy atom. The van der Waals surface area contributed by atoms with E-state index in [0.29, 0.717) is 5.82 Å². The molecule has 0 unspecified atom stereocenters. The first-order chi connectivity index (χ1) is 8.71. The first kappa shape index (κ1) is 11.3. The maximum Gasteiger partial charge on any atom is 0.153 e. The van der Waals surface area contributed by atoms with E-state index in [9.17, 15) is 0 Å². The van der Waals surface area contributed by atoms with Crippen molar-refractivity contribution in [2.24, 2.45) is 0 Å². The van der Waals surface area contributed by atoms with Crippen molar-refractivity contribution in [1.82, 2.24) is 15.2 Å². The summed E-state index contributed by atoms with van der Waals surface area (Å²) in [6.45, 7) is 2.30. The predicted octanol–water partition coefficient (Wildman–Crippen LogP) is 2.89. The summed E-state index contributed by atoms with van der Waals surface area (Å²) in [5.41, 5.74) is 9.56. The van der Waals surface area contributed by atoms with Crippen molar-refractivity contribution < 1.29 is 0 Å². The normalized spacial score (nSPS) is 18.1. The van der Waals surface area contributed by atoms with Crippen molar-refractivity contribution in [1.29, 1.82) is 0 Å². The Morgan fingerprint density at radius 3 is 2.56 bits per heavy atom. The van der Waals surface area contributed by atoms with Crippen LogP contribution in [0.5, 0.6) is 0 Å². The SMILES string of the molecule is CC1(c2[nH]nc(N)c2-c2ccncc2)CCCC1. The minimum atomic E-state index is 0.184. The van der Waals surface area contributed by atoms with E-state index in [-0.39, 0.29) is 5.41 Å². The molecule has 0 saturated heterocycles. The Balaban J connectivity index is 2.12. The lowest BCUT2D eigenvalue weighted by atomic mass is 9.82. The van der Waals surface area contributed by atoms with Crippen LogP contribution in [-0.4, -0.2) is 15.2 Å². The van der Waals surface area contributed by atoms with Crippen molar-refractivity contribution in [3.63, 3.8) is 0 Å². The van der Waals surface area contributed by atoms with Crippen molar-refractivity contribution in [2.75, 3.05) is 5.73 Å². The molecule has 94 valence electrons. The third-order valence-corrected chi connectivity index (χ3v) is 4.07. The van der Waals surface area contributed by atoms with E-state index in [1.807, 2.05) is 12.1 Å². The van der Waals surface area contributed by atoms with Crippen LogP contribution < -0.4 is 5.73 Å². The summed E-state index contributed by atoms with van der Waals surface area (Å²) in [7, 11) is 0. The molecule has 1 aliphatic rings. The van der Waals surface area contributed by atoms with Crippen LogP contribution in [0.4, 0.5) is 5.82 Å². The molecule has 0 atom stereocenters. The highest BCUT2D eigenvalue weighted by molar-refractivity contribution is 5.77. The van der Waals surface area contributed by atoms with Gasteiger partial charge < -0.3 is 5.73 Å². The van der Waals surface area contributed by atoms with Gasteiger partial charge in [-0.05, 0) is 30.5 Å². The van der Waals surface area contributed by atoms with Crippen LogP contribution in [0.15, 0.2) is 24.5 Å². The number of nitrogens with one attached hydrogen (secondary N) is 1. The monoisotopic (exact) mass is 242 g/mol. The summed E-state index contributed by atoms with van der Waals surface area (Å²) in [4.78, 5) is 4.06. The number of aromatic nitrogens is 3. The number of aromatic amines is 1. The van der Waals surface area contributed by atoms with E-state index in [1.54, 1.807) is 12.4 Å². The Labute approximate surface area is 107 Å². The molecular weight excluding hydrogens is 224 g/mol. The van der Waals surface area contributed by atoms with Gasteiger partial charge in [0.05, 0.1) is 5.69 Å². The molecule has 0 bridgehead atoms. The number of hydrogen-bond acceptors (Lipinski definition) is 3. The van der Waals surface area contributed by atoms with Crippen LogP contribution >= 0.6 is 0 Å². The minimum absolute atomic E-state index is 0.184. The second kappa shape index (κ2) is 4.12. The second-order valence-corrected chi connectivity index (χ2v) is 5.36. The number of anilines is 1. The van der Waals surface area contributed by atoms with Gasteiger partial charge in [0.1, 0.15) is 0 Å². The van der Waals surface area contributed by atoms with E-state index in [2.05, 4.69) is 22.1 Å². The summed E-state index contributed by atoms with van der Waals surface area (Å²) < 4.78 is 0. The maximum absolute atomic E-state index is 6.04. The molecule has 3 rings (SSSR count). The number of nitrogens with two attached hydrogens (primary N) is 1. The van der Waals surface area contributed by atoms with E-state index in [1.165, 1.54) is 31.4 Å². The highest BCUT2D eigenvalue weighted by Crippen LogP contribution is 2.44. The molecule has 1 fully saturated rings. The van der Waals surface area contributed by atoms with Gasteiger partial charge in [0.2, 0.25) is 0 Å². The van der Waals surface area contributed by atoms with Gasteiger partial charge in [-0.1, -0.05) is 19.8 Å². The Bertz CT molecular complexity index is 538. The van der Waals surface area contributed by atoms with Crippen LogP contribution in [-0.2, 0) is 5.41 Å². The van der Waals surface area contributed by atoms with E-state index < -0.39 is 0 Å². The van der Waals surface area contributed by atoms with Gasteiger partial charge in [0.25, 0.3) is 0 Å². The predicted molar refractivity (Wildman–Crippen MR) is 72.1 cm³/mol. The number of hydrogen-bond donors (Lipinski definition) is 2. The average Bonchev–Trinajstić information content (AvgIpc) is 2.98. The molecule has 0 radical (unpaired) electrons. The molecule has 4 nitrogen and oxygen atoms in total. The maximum atomic E-state index is 6.04. The number of pyridine rings is 1. The summed E-state index contributed by atoms with van der Waals surface area (Å²) in [6.07, 6.45) is 8.56. The summed E-state index contributed by atoms with van der Waals surface area (Å²) in [5, 5.41) is 7.37. The van der Waals surface area contributed by atoms with E-state index >= 15 is 0 Å². The van der Waals surface area contributed by atoms with Gasteiger partial charge in [-0.25, -0.2) is 0 Å². The standard InChI is InChI=1S/C14H18N4/c1-14(6-2-3-7-14)12-11(13(15)18-17-12)10-4-8-16-9-5-10/h4-5,8-9H,2-3,6-7H2,1H3,(H3,15,17,18). The lowest BCUT2D eigenvalue weighted by Gasteiger charge is -2.23. The molecule has 18 heavy (non-hydrogen) atoms. The topological polar surface area (TPSA) is 67.6 Å². The van der Waals surface area contributed by atoms with Gasteiger partial charge in [-0.15, -0.1) is 0 Å². The molecule has 0 spiro atoms. The lowest BCUT2D eigenvalue weighted by molar-refractivity contribution is 0.476. The lowest BCUT2D eigenvalue weighted by Crippen LogP contribution is -2.18. The zero-order chi connectivity index (χ0) is 12.6. The average molecular weight is 242 g/mol. The van der Waals surface area contributed by atoms with Crippen LogP contribution in [0.2, 0.25) is 0 Å². The number of rotatable bonds is 2. The van der Waals surface area contributed by atoms with Gasteiger partial charge in [0.15, 0.2) is 5.82 Å². The molecule has 3 N–H and O–H groups in total. The molecule has 1 saturated carbocycles. The molecule has 0 aliphatic heterocycles. The number of H-pyrrole nitrogens is 1. The zero-order valence-electron chi connectivity index (χ0n) is 10.6. The van der Waals surface area contributed by atoms with Gasteiger partial charge in [-0.3, -0.25) is 10.1 Å². The van der Waals surface area contributed by atoms with Crippen LogP contribution in [0.1, 0.15) is 38.3 Å². The molecule has 2 aromatic heterocycles. The Hall–Kier alpha value is -1.84. The van der Waals surface area contributed by atoms with Crippen molar-refractivity contribution in [3.05, 3.63) is 30.2 Å². The fourth-order valence-corrected chi connectivity index (χ4v) is 3.01. The van der Waals surface area contributed by atoms with Crippen molar-refractivity contribution >= 4 is 5.82 Å². The van der Waals surface area contributed by atoms with Crippen molar-refractivity contribution in [3.8, 4) is 11.1 Å². The van der Waals surface area contributed by atoms with Crippen LogP contribution in [0.25, 0.3) is 11.1 Å². The highest BCUT2D eigenvalue weighted by Gasteiger charge is 2.35. The highest BCUT2D eigenvalue weighted by atomic mass is 15.2. The first-order valence-electron chi connectivity index (χ1n) is 6.45. The molecule has 0 amide bonds. The number of nitrogens with zero attached hydrogens (tertiary/aromatic N) is 2. The molecule has 0 aromatic carbocycles.